The monoisotopic (exact) mass is 1110 g/mol. The van der Waals surface area contributed by atoms with Crippen LogP contribution in [-0.4, -0.2) is 155 Å². The van der Waals surface area contributed by atoms with Gasteiger partial charge in [0.1, 0.15) is 29.5 Å². The molecule has 0 radical (unpaired) electrons. The average Bonchev–Trinajstić information content (AvgIpc) is 3.88. The summed E-state index contributed by atoms with van der Waals surface area (Å²) in [7, 11) is 0.809. The maximum absolute atomic E-state index is 16.0. The van der Waals surface area contributed by atoms with E-state index < -0.39 is 115 Å². The number of halogens is 10. The number of aromatic nitrogens is 3. The Hall–Kier alpha value is -7.22. The number of pyridine rings is 1. The van der Waals surface area contributed by atoms with E-state index >= 15 is 8.78 Å². The number of hydrogen-bond acceptors (Lipinski definition) is 12. The lowest BCUT2D eigenvalue weighted by Gasteiger charge is -2.44. The first-order chi connectivity index (χ1) is 36.5. The highest BCUT2D eigenvalue weighted by Crippen LogP contribution is 2.42. The minimum absolute atomic E-state index is 0.186. The van der Waals surface area contributed by atoms with Gasteiger partial charge < -0.3 is 40.5 Å². The number of alkyl halides is 8. The van der Waals surface area contributed by atoms with E-state index in [-0.39, 0.29) is 27.5 Å². The van der Waals surface area contributed by atoms with Gasteiger partial charge in [0.25, 0.3) is 5.91 Å². The summed E-state index contributed by atoms with van der Waals surface area (Å²) < 4.78 is 155. The highest BCUT2D eigenvalue weighted by atomic mass is 19.4. The molecule has 4 amide bonds. The molecule has 2 saturated heterocycles. The van der Waals surface area contributed by atoms with Gasteiger partial charge in [-0.15, -0.1) is 0 Å². The number of carbonyl (C=O) groups is 4. The number of nitrogens with one attached hydrogen (secondary N) is 4. The Morgan fingerprint density at radius 3 is 2.03 bits per heavy atom. The molecule has 5 atom stereocenters. The summed E-state index contributed by atoms with van der Waals surface area (Å²) in [5, 5.41) is 31.0. The first kappa shape index (κ1) is 60.0. The van der Waals surface area contributed by atoms with Gasteiger partial charge >= 0.3 is 31.1 Å². The Bertz CT molecular complexity index is 2800. The van der Waals surface area contributed by atoms with Crippen LogP contribution in [-0.2, 0) is 32.0 Å². The van der Waals surface area contributed by atoms with Crippen molar-refractivity contribution >= 4 is 29.8 Å². The van der Waals surface area contributed by atoms with E-state index in [1.165, 1.54) is 29.6 Å². The van der Waals surface area contributed by atoms with Crippen molar-refractivity contribution < 1.29 is 82.8 Å². The van der Waals surface area contributed by atoms with Crippen molar-refractivity contribution in [3.63, 3.8) is 0 Å². The van der Waals surface area contributed by atoms with Crippen LogP contribution in [0.3, 0.4) is 0 Å². The molecule has 2 fully saturated rings. The van der Waals surface area contributed by atoms with Crippen LogP contribution in [0.2, 0.25) is 0 Å². The van der Waals surface area contributed by atoms with E-state index in [9.17, 15) is 64.5 Å². The van der Waals surface area contributed by atoms with Crippen molar-refractivity contribution in [1.29, 1.82) is 0 Å². The number of benzene rings is 2. The normalized spacial score (nSPS) is 17.0. The molecule has 18 nitrogen and oxygen atoms in total. The van der Waals surface area contributed by atoms with Gasteiger partial charge in [0.2, 0.25) is 5.91 Å². The Morgan fingerprint density at radius 2 is 1.46 bits per heavy atom. The molecular weight excluding hydrogens is 1060 g/mol. The first-order valence-corrected chi connectivity index (χ1v) is 24.0. The molecule has 2 aliphatic rings. The van der Waals surface area contributed by atoms with Crippen molar-refractivity contribution in [2.24, 2.45) is 10.8 Å². The van der Waals surface area contributed by atoms with E-state index in [4.69, 9.17) is 4.74 Å². The standard InChI is InChI=1S/C50H56F10N10O8/c1-47(2,49(55,56)57)40(64-46(76)77-5)42(72)62-37(20-29-9-6-28(7-10-29)8-11-30-12-13-39(61-23-30)68-17-16-67-18-19-78-27-32(67)24-68)38(71)26-69(66-43(73)41(63-45(74)75)48(3,4)50(58,59)60)25-33-34(51)21-31(22-35(33)52)36-14-15-70(65-36)44(53)54/h6-7,9-10,12-15,21-23,32,37-38,40-41,44,63,71H,16-20,24-27H2,1-5H3,(H,62,72)(H,64,76)(H,66,73)(H,74,75)/t32-,37?,38?,40?,41?/m0/s1. The second kappa shape index (κ2) is 24.6. The van der Waals surface area contributed by atoms with Gasteiger partial charge in [-0.3, -0.25) is 19.9 Å². The van der Waals surface area contributed by atoms with Crippen LogP contribution in [0.15, 0.2) is 67.0 Å². The number of morpholine rings is 1. The Kier molecular flexibility index (Phi) is 18.9. The number of hydrogen-bond donors (Lipinski definition) is 6. The number of aliphatic hydroxyl groups is 1. The van der Waals surface area contributed by atoms with Crippen LogP contribution in [0.1, 0.15) is 56.5 Å². The summed E-state index contributed by atoms with van der Waals surface area (Å²) in [5.41, 5.74) is -4.71. The third-order valence-electron chi connectivity index (χ3n) is 13.5. The number of aliphatic hydroxyl groups excluding tert-OH is 1. The fourth-order valence-electron chi connectivity index (χ4n) is 8.47. The lowest BCUT2D eigenvalue weighted by atomic mass is 9.82. The summed E-state index contributed by atoms with van der Waals surface area (Å²) >= 11 is 0. The number of anilines is 1. The highest BCUT2D eigenvalue weighted by molar-refractivity contribution is 5.87. The number of ether oxygens (including phenoxy) is 2. The number of nitrogens with zero attached hydrogens (tertiary/aromatic N) is 6. The quantitative estimate of drug-likeness (QED) is 0.0384. The zero-order valence-electron chi connectivity index (χ0n) is 42.5. The van der Waals surface area contributed by atoms with Gasteiger partial charge in [0.15, 0.2) is 0 Å². The summed E-state index contributed by atoms with van der Waals surface area (Å²) in [6.45, 7) is 1.20. The second-order valence-corrected chi connectivity index (χ2v) is 19.6. The van der Waals surface area contributed by atoms with Crippen molar-refractivity contribution in [3.05, 3.63) is 101 Å². The third-order valence-corrected chi connectivity index (χ3v) is 13.5. The first-order valence-electron chi connectivity index (χ1n) is 24.0. The van der Waals surface area contributed by atoms with E-state index in [1.54, 1.807) is 12.3 Å². The molecule has 6 rings (SSSR count). The molecule has 4 heterocycles. The number of hydrazine groups is 1. The number of piperazine rings is 1. The number of methoxy groups -OCH3 is 1. The fourth-order valence-corrected chi connectivity index (χ4v) is 8.47. The summed E-state index contributed by atoms with van der Waals surface area (Å²) in [5.74, 6) is 0.501. The predicted molar refractivity (Wildman–Crippen MR) is 258 cm³/mol. The molecular formula is C50H56F10N10O8. The lowest BCUT2D eigenvalue weighted by molar-refractivity contribution is -0.221. The molecule has 0 bridgehead atoms. The molecule has 6 N–H and O–H groups in total. The molecule has 0 aliphatic carbocycles. The summed E-state index contributed by atoms with van der Waals surface area (Å²) in [4.78, 5) is 61.1. The molecule has 28 heteroatoms. The number of rotatable bonds is 18. The van der Waals surface area contributed by atoms with Crippen LogP contribution >= 0.6 is 0 Å². The smallest absolute Gasteiger partial charge is 0.407 e. The van der Waals surface area contributed by atoms with Gasteiger partial charge in [-0.25, -0.2) is 33.0 Å². The molecule has 2 aromatic carbocycles. The lowest BCUT2D eigenvalue weighted by Crippen LogP contribution is -2.63. The van der Waals surface area contributed by atoms with Crippen molar-refractivity contribution in [1.82, 2.24) is 46.0 Å². The van der Waals surface area contributed by atoms with Crippen LogP contribution < -0.4 is 26.3 Å². The Balaban J connectivity index is 1.32. The Morgan fingerprint density at radius 1 is 0.846 bits per heavy atom. The van der Waals surface area contributed by atoms with Gasteiger partial charge in [-0.05, 0) is 82.1 Å². The minimum Gasteiger partial charge on any atom is -0.465 e. The average molecular weight is 1120 g/mol. The van der Waals surface area contributed by atoms with Crippen LogP contribution in [0, 0.1) is 34.3 Å². The molecule has 2 aromatic heterocycles. The second-order valence-electron chi connectivity index (χ2n) is 19.6. The van der Waals surface area contributed by atoms with E-state index in [0.717, 1.165) is 51.4 Å². The summed E-state index contributed by atoms with van der Waals surface area (Å²) in [6.07, 6.45) is -14.3. The van der Waals surface area contributed by atoms with E-state index in [2.05, 4.69) is 41.8 Å². The van der Waals surface area contributed by atoms with Crippen LogP contribution in [0.25, 0.3) is 11.3 Å². The minimum atomic E-state index is -5.29. The fraction of sp³-hybridized carbons (Fsp3) is 0.480. The van der Waals surface area contributed by atoms with Crippen LogP contribution in [0.5, 0.6) is 0 Å². The van der Waals surface area contributed by atoms with Crippen LogP contribution in [0.4, 0.5) is 59.3 Å². The van der Waals surface area contributed by atoms with Gasteiger partial charge in [0, 0.05) is 73.9 Å². The maximum atomic E-state index is 16.0. The predicted octanol–water partition coefficient (Wildman–Crippen LogP) is 6.00. The molecule has 4 aromatic rings. The molecule has 0 spiro atoms. The largest absolute Gasteiger partial charge is 0.465 e. The van der Waals surface area contributed by atoms with E-state index in [0.29, 0.717) is 69.2 Å². The van der Waals surface area contributed by atoms with Crippen molar-refractivity contribution in [3.8, 4) is 23.1 Å². The third kappa shape index (κ3) is 14.7. The van der Waals surface area contributed by atoms with E-state index in [1.807, 2.05) is 16.8 Å². The molecule has 2 aliphatic heterocycles. The Labute approximate surface area is 440 Å². The zero-order chi connectivity index (χ0) is 57.5. The van der Waals surface area contributed by atoms with Gasteiger partial charge in [0.05, 0.1) is 55.0 Å². The van der Waals surface area contributed by atoms with Crippen molar-refractivity contribution in [2.45, 2.75) is 89.8 Å². The van der Waals surface area contributed by atoms with Gasteiger partial charge in [-0.2, -0.15) is 40.2 Å². The topological polar surface area (TPSA) is 216 Å². The number of alkyl carbamates (subject to hydrolysis) is 1. The number of amides is 4. The molecule has 0 saturated carbocycles. The SMILES string of the molecule is COC(=O)NC(C(=O)NC(Cc1ccc(C#Cc2ccc(N3CCN4CCOC[C@@H]4C3)nc2)cc1)C(O)CN(Cc1c(F)cc(-c2ccn(C(F)F)n2)cc1F)NC(=O)C(NC(=O)O)C(C)(C)C(F)(F)F)C(C)(C)C(F)(F)F. The van der Waals surface area contributed by atoms with Gasteiger partial charge in [-0.1, -0.05) is 24.0 Å². The molecule has 424 valence electrons. The zero-order valence-corrected chi connectivity index (χ0v) is 42.5. The number of fused-ring (bicyclic) bond motifs is 1. The number of carbonyl (C=O) groups excluding carboxylic acids is 3. The highest BCUT2D eigenvalue weighted by Gasteiger charge is 2.57. The number of carboxylic acid groups (broad SMARTS) is 1. The molecule has 4 unspecified atom stereocenters. The van der Waals surface area contributed by atoms with Crippen molar-refractivity contribution in [2.75, 3.05) is 57.9 Å². The summed E-state index contributed by atoms with van der Waals surface area (Å²) in [6, 6.07) is 5.18. The maximum Gasteiger partial charge on any atom is 0.407 e. The molecule has 78 heavy (non-hydrogen) atoms.